The van der Waals surface area contributed by atoms with Gasteiger partial charge in [-0.3, -0.25) is 14.6 Å². The van der Waals surface area contributed by atoms with Gasteiger partial charge < -0.3 is 10.2 Å². The highest BCUT2D eigenvalue weighted by atomic mass is 16.2. The average Bonchev–Trinajstić information content (AvgIpc) is 3.29. The van der Waals surface area contributed by atoms with Crippen LogP contribution >= 0.6 is 0 Å². The summed E-state index contributed by atoms with van der Waals surface area (Å²) in [5, 5.41) is 2.84. The smallest absolute Gasteiger partial charge is 0.276 e. The van der Waals surface area contributed by atoms with Crippen molar-refractivity contribution in [1.29, 1.82) is 0 Å². The lowest BCUT2D eigenvalue weighted by molar-refractivity contribution is 0.0792. The normalized spacial score (nSPS) is 13.3. The van der Waals surface area contributed by atoms with E-state index in [-0.39, 0.29) is 20.4 Å². The fourth-order valence-electron chi connectivity index (χ4n) is 3.40. The summed E-state index contributed by atoms with van der Waals surface area (Å²) in [7, 11) is 0. The number of likely N-dealkylation sites (tertiary alicyclic amines) is 1. The number of carbonyl (C=O) groups excluding carboxylic acids is 2. The Morgan fingerprint density at radius 1 is 1.00 bits per heavy atom. The molecule has 1 aromatic heterocycles. The van der Waals surface area contributed by atoms with Crippen molar-refractivity contribution in [3.63, 3.8) is 0 Å². The number of benzene rings is 2. The highest BCUT2D eigenvalue weighted by Gasteiger charge is 2.19. The van der Waals surface area contributed by atoms with Crippen LogP contribution in [0.2, 0.25) is 0 Å². The summed E-state index contributed by atoms with van der Waals surface area (Å²) in [5.41, 5.74) is 3.61. The largest absolute Gasteiger partial charge is 0.339 e. The lowest BCUT2D eigenvalue weighted by atomic mass is 10.1. The van der Waals surface area contributed by atoms with E-state index in [0.29, 0.717) is 22.6 Å². The molecule has 0 spiro atoms. The maximum absolute atomic E-state index is 12.6. The maximum atomic E-state index is 12.6. The van der Waals surface area contributed by atoms with Gasteiger partial charge in [-0.1, -0.05) is 30.3 Å². The highest BCUT2D eigenvalue weighted by Crippen LogP contribution is 2.20. The summed E-state index contributed by atoms with van der Waals surface area (Å²) in [6, 6.07) is 16.6. The zero-order valence-corrected chi connectivity index (χ0v) is 16.3. The van der Waals surface area contributed by atoms with E-state index in [9.17, 15) is 9.59 Å². The molecule has 6 nitrogen and oxygen atoms in total. The first-order chi connectivity index (χ1) is 14.1. The molecule has 1 saturated heterocycles. The molecule has 0 unspecified atom stereocenters. The number of rotatable bonds is 4. The molecule has 2 heterocycles. The van der Waals surface area contributed by atoms with Crippen LogP contribution in [0.4, 0.5) is 5.69 Å². The molecule has 0 aliphatic carbocycles. The molecule has 2 aromatic carbocycles. The van der Waals surface area contributed by atoms with E-state index in [2.05, 4.69) is 15.3 Å². The number of aromatic nitrogens is 2. The number of aryl methyl sites for hydroxylation is 1. The molecule has 4 rings (SSSR count). The van der Waals surface area contributed by atoms with E-state index in [1.54, 1.807) is 25.3 Å². The first-order valence-electron chi connectivity index (χ1n) is 9.71. The summed E-state index contributed by atoms with van der Waals surface area (Å²) >= 11 is 0. The highest BCUT2D eigenvalue weighted by molar-refractivity contribution is 6.03. The van der Waals surface area contributed by atoms with Gasteiger partial charge in [-0.2, -0.15) is 0 Å². The monoisotopic (exact) mass is 390 g/mol. The summed E-state index contributed by atoms with van der Waals surface area (Å²) in [6.45, 7) is 3.41. The third-order valence-corrected chi connectivity index (χ3v) is 5.02. The number of anilines is 1. The van der Waals surface area contributed by atoms with Crippen molar-refractivity contribution in [3.8, 4) is 11.3 Å². The Balaban J connectivity index is 0.00000171. The van der Waals surface area contributed by atoms with Crippen LogP contribution in [0.5, 0.6) is 0 Å². The fraction of sp³-hybridized carbons (Fsp3) is 0.217. The van der Waals surface area contributed by atoms with Gasteiger partial charge in [-0.25, -0.2) is 4.98 Å². The summed E-state index contributed by atoms with van der Waals surface area (Å²) < 4.78 is 0. The minimum atomic E-state index is -0.302. The molecule has 150 valence electrons. The average molecular weight is 390 g/mol. The van der Waals surface area contributed by atoms with Crippen LogP contribution in [0.15, 0.2) is 60.8 Å². The molecule has 3 aromatic rings. The maximum Gasteiger partial charge on any atom is 0.276 e. The topological polar surface area (TPSA) is 75.2 Å². The Bertz CT molecular complexity index is 1040. The molecule has 1 aliphatic heterocycles. The summed E-state index contributed by atoms with van der Waals surface area (Å²) in [5.74, 6) is -0.240. The summed E-state index contributed by atoms with van der Waals surface area (Å²) in [4.78, 5) is 35.9. The minimum absolute atomic E-state index is 0. The number of nitrogens with zero attached hydrogens (tertiary/aromatic N) is 3. The van der Waals surface area contributed by atoms with E-state index in [0.717, 1.165) is 31.5 Å². The number of hydrogen-bond donors (Lipinski definition) is 1. The zero-order valence-electron chi connectivity index (χ0n) is 16.3. The number of amides is 2. The van der Waals surface area contributed by atoms with Gasteiger partial charge in [0.05, 0.1) is 17.6 Å². The molecular formula is C23H26N4O2. The standard InChI is InChI=1S/C23H22N4O2.2H2/c1-16-21(22(28)25-19-7-3-2-4-8-19)26-20(15-24-16)17-9-11-18(12-10-17)23(29)27-13-5-6-14-27;;/h2-4,7-12,15H,5-6,13-14H2,1H3,(H,25,28);2*1H. The van der Waals surface area contributed by atoms with Crippen molar-refractivity contribution in [2.24, 2.45) is 0 Å². The molecule has 29 heavy (non-hydrogen) atoms. The van der Waals surface area contributed by atoms with E-state index in [4.69, 9.17) is 0 Å². The van der Waals surface area contributed by atoms with Gasteiger partial charge >= 0.3 is 0 Å². The second kappa shape index (κ2) is 8.22. The fourth-order valence-corrected chi connectivity index (χ4v) is 3.40. The second-order valence-electron chi connectivity index (χ2n) is 7.09. The van der Waals surface area contributed by atoms with E-state index in [1.807, 2.05) is 47.4 Å². The van der Waals surface area contributed by atoms with Gasteiger partial charge in [-0.15, -0.1) is 0 Å². The van der Waals surface area contributed by atoms with Gasteiger partial charge in [0.2, 0.25) is 0 Å². The van der Waals surface area contributed by atoms with E-state index >= 15 is 0 Å². The number of nitrogens with one attached hydrogen (secondary N) is 1. The van der Waals surface area contributed by atoms with Crippen molar-refractivity contribution in [1.82, 2.24) is 14.9 Å². The third-order valence-electron chi connectivity index (χ3n) is 5.02. The van der Waals surface area contributed by atoms with Crippen LogP contribution in [0.25, 0.3) is 11.3 Å². The van der Waals surface area contributed by atoms with Crippen molar-refractivity contribution in [2.75, 3.05) is 18.4 Å². The molecule has 6 heteroatoms. The SMILES string of the molecule is Cc1ncc(-c2ccc(C(=O)N3CCCC3)cc2)nc1C(=O)Nc1ccccc1.[HH].[HH]. The van der Waals surface area contributed by atoms with Gasteiger partial charge in [0.15, 0.2) is 0 Å². The molecule has 1 fully saturated rings. The van der Waals surface area contributed by atoms with Crippen LogP contribution in [0.1, 0.15) is 42.2 Å². The van der Waals surface area contributed by atoms with E-state index < -0.39 is 0 Å². The number of hydrogen-bond acceptors (Lipinski definition) is 4. The number of para-hydroxylation sites is 1. The Kier molecular flexibility index (Phi) is 5.33. The molecule has 0 bridgehead atoms. The molecular weight excluding hydrogens is 364 g/mol. The Morgan fingerprint density at radius 3 is 2.38 bits per heavy atom. The van der Waals surface area contributed by atoms with Gasteiger partial charge in [0.25, 0.3) is 11.8 Å². The zero-order chi connectivity index (χ0) is 20.2. The van der Waals surface area contributed by atoms with Crippen LogP contribution < -0.4 is 5.32 Å². The summed E-state index contributed by atoms with van der Waals surface area (Å²) in [6.07, 6.45) is 3.78. The minimum Gasteiger partial charge on any atom is -0.339 e. The van der Waals surface area contributed by atoms with Crippen LogP contribution in [0, 0.1) is 6.92 Å². The first kappa shape index (κ1) is 18.8. The molecule has 1 N–H and O–H groups in total. The lowest BCUT2D eigenvalue weighted by Gasteiger charge is -2.15. The van der Waals surface area contributed by atoms with Gasteiger partial charge in [0.1, 0.15) is 5.69 Å². The van der Waals surface area contributed by atoms with Crippen molar-refractivity contribution in [3.05, 3.63) is 77.7 Å². The predicted octanol–water partition coefficient (Wildman–Crippen LogP) is 4.43. The third kappa shape index (κ3) is 4.16. The molecule has 0 atom stereocenters. The van der Waals surface area contributed by atoms with Crippen LogP contribution in [-0.4, -0.2) is 39.8 Å². The quantitative estimate of drug-likeness (QED) is 0.715. The Morgan fingerprint density at radius 2 is 1.69 bits per heavy atom. The van der Waals surface area contributed by atoms with Crippen LogP contribution in [-0.2, 0) is 0 Å². The molecule has 1 aliphatic rings. The molecule has 2 amide bonds. The Labute approximate surface area is 172 Å². The molecule has 0 radical (unpaired) electrons. The number of carbonyl (C=O) groups is 2. The second-order valence-corrected chi connectivity index (χ2v) is 7.09. The molecule has 0 saturated carbocycles. The van der Waals surface area contributed by atoms with E-state index in [1.165, 1.54) is 0 Å². The van der Waals surface area contributed by atoms with Crippen molar-refractivity contribution in [2.45, 2.75) is 19.8 Å². The van der Waals surface area contributed by atoms with Gasteiger partial charge in [0, 0.05) is 32.8 Å². The van der Waals surface area contributed by atoms with Crippen molar-refractivity contribution < 1.29 is 12.4 Å². The van der Waals surface area contributed by atoms with Gasteiger partial charge in [-0.05, 0) is 44.0 Å². The predicted molar refractivity (Wildman–Crippen MR) is 116 cm³/mol. The van der Waals surface area contributed by atoms with Crippen molar-refractivity contribution >= 4 is 17.5 Å². The van der Waals surface area contributed by atoms with Crippen LogP contribution in [0.3, 0.4) is 0 Å². The first-order valence-corrected chi connectivity index (χ1v) is 9.71. The Hall–Kier alpha value is -3.54. The lowest BCUT2D eigenvalue weighted by Crippen LogP contribution is -2.27.